The summed E-state index contributed by atoms with van der Waals surface area (Å²) in [5, 5.41) is 7.90. The van der Waals surface area contributed by atoms with Crippen molar-refractivity contribution >= 4 is 22.6 Å². The smallest absolute Gasteiger partial charge is 0.263 e. The van der Waals surface area contributed by atoms with E-state index in [0.29, 0.717) is 24.7 Å². The van der Waals surface area contributed by atoms with Crippen LogP contribution in [-0.4, -0.2) is 28.3 Å². The van der Waals surface area contributed by atoms with E-state index < -0.39 is 0 Å². The van der Waals surface area contributed by atoms with E-state index in [9.17, 15) is 0 Å². The van der Waals surface area contributed by atoms with Gasteiger partial charge >= 0.3 is 0 Å². The van der Waals surface area contributed by atoms with E-state index >= 15 is 0 Å². The predicted molar refractivity (Wildman–Crippen MR) is 78.6 cm³/mol. The summed E-state index contributed by atoms with van der Waals surface area (Å²) in [5.74, 6) is 1.44. The number of fused-ring (bicyclic) bond motifs is 1. The Morgan fingerprint density at radius 2 is 2.05 bits per heavy atom. The highest BCUT2D eigenvalue weighted by molar-refractivity contribution is 5.89. The van der Waals surface area contributed by atoms with Crippen molar-refractivity contribution in [2.24, 2.45) is 5.73 Å². The van der Waals surface area contributed by atoms with Crippen LogP contribution in [0.5, 0.6) is 5.75 Å². The lowest BCUT2D eigenvalue weighted by Gasteiger charge is -2.08. The van der Waals surface area contributed by atoms with Crippen LogP contribution in [0.1, 0.15) is 5.69 Å². The summed E-state index contributed by atoms with van der Waals surface area (Å²) >= 11 is 0. The number of nitrogens with zero attached hydrogens (tertiary/aromatic N) is 3. The minimum absolute atomic E-state index is 0.466. The number of rotatable bonds is 5. The normalized spacial score (nSPS) is 10.8. The molecule has 3 N–H and O–H groups in total. The molecule has 0 radical (unpaired) electrons. The Kier molecular flexibility index (Phi) is 3.65. The maximum Gasteiger partial charge on any atom is 0.263 e. The molecule has 0 aliphatic heterocycles. The summed E-state index contributed by atoms with van der Waals surface area (Å²) in [6, 6.07) is 7.55. The molecule has 0 saturated heterocycles. The zero-order chi connectivity index (χ0) is 14.7. The number of hydrogen-bond donors (Lipinski definition) is 2. The number of nitrogens with two attached hydrogens (primary N) is 1. The third-order valence-corrected chi connectivity index (χ3v) is 2.95. The predicted octanol–water partition coefficient (Wildman–Crippen LogP) is 2.01. The van der Waals surface area contributed by atoms with Crippen LogP contribution in [0, 0.1) is 6.92 Å². The molecule has 0 amide bonds. The van der Waals surface area contributed by atoms with E-state index in [1.54, 1.807) is 0 Å². The first-order valence-electron chi connectivity index (χ1n) is 6.55. The van der Waals surface area contributed by atoms with Gasteiger partial charge in [0, 0.05) is 12.2 Å². The Labute approximate surface area is 121 Å². The first-order valence-corrected chi connectivity index (χ1v) is 6.55. The maximum absolute atomic E-state index is 5.43. The lowest BCUT2D eigenvalue weighted by Crippen LogP contribution is -2.10. The minimum atomic E-state index is 0.466. The molecule has 1 aromatic carbocycles. The van der Waals surface area contributed by atoms with Gasteiger partial charge in [0.1, 0.15) is 29.9 Å². The molecular formula is C14H15N5O2. The number of benzene rings is 1. The summed E-state index contributed by atoms with van der Waals surface area (Å²) in [6.07, 6.45) is 1.44. The molecule has 2 aromatic heterocycles. The molecule has 0 aliphatic carbocycles. The van der Waals surface area contributed by atoms with Gasteiger partial charge in [0.05, 0.1) is 5.69 Å². The zero-order valence-electron chi connectivity index (χ0n) is 11.5. The summed E-state index contributed by atoms with van der Waals surface area (Å²) in [5.41, 5.74) is 7.50. The van der Waals surface area contributed by atoms with Crippen molar-refractivity contribution in [2.75, 3.05) is 18.5 Å². The van der Waals surface area contributed by atoms with Crippen LogP contribution in [0.3, 0.4) is 0 Å². The van der Waals surface area contributed by atoms with Crippen LogP contribution in [0.2, 0.25) is 0 Å². The Bertz CT molecular complexity index is 739. The third-order valence-electron chi connectivity index (χ3n) is 2.95. The van der Waals surface area contributed by atoms with E-state index in [0.717, 1.165) is 22.5 Å². The second kappa shape index (κ2) is 5.76. The van der Waals surface area contributed by atoms with Crippen LogP contribution in [0.25, 0.3) is 11.1 Å². The van der Waals surface area contributed by atoms with Crippen LogP contribution in [-0.2, 0) is 0 Å². The molecule has 108 valence electrons. The van der Waals surface area contributed by atoms with Gasteiger partial charge in [-0.15, -0.1) is 0 Å². The van der Waals surface area contributed by atoms with Gasteiger partial charge in [-0.1, -0.05) is 5.16 Å². The fourth-order valence-electron chi connectivity index (χ4n) is 1.96. The van der Waals surface area contributed by atoms with Gasteiger partial charge in [0.2, 0.25) is 0 Å². The Morgan fingerprint density at radius 1 is 1.24 bits per heavy atom. The van der Waals surface area contributed by atoms with E-state index in [-0.39, 0.29) is 0 Å². The quantitative estimate of drug-likeness (QED) is 0.739. The number of hydrogen-bond acceptors (Lipinski definition) is 7. The van der Waals surface area contributed by atoms with Crippen LogP contribution < -0.4 is 15.8 Å². The Hall–Kier alpha value is -2.67. The number of nitrogens with one attached hydrogen (secondary N) is 1. The van der Waals surface area contributed by atoms with E-state index in [2.05, 4.69) is 20.4 Å². The largest absolute Gasteiger partial charge is 0.492 e. The molecule has 0 saturated carbocycles. The molecule has 7 nitrogen and oxygen atoms in total. The highest BCUT2D eigenvalue weighted by atomic mass is 16.5. The lowest BCUT2D eigenvalue weighted by molar-refractivity contribution is 0.328. The molecule has 21 heavy (non-hydrogen) atoms. The summed E-state index contributed by atoms with van der Waals surface area (Å²) in [4.78, 5) is 8.28. The molecular weight excluding hydrogens is 270 g/mol. The fraction of sp³-hybridized carbons (Fsp3) is 0.214. The van der Waals surface area contributed by atoms with Crippen LogP contribution in [0.15, 0.2) is 35.1 Å². The first-order chi connectivity index (χ1) is 10.3. The highest BCUT2D eigenvalue weighted by Gasteiger charge is 2.11. The van der Waals surface area contributed by atoms with Gasteiger partial charge < -0.3 is 20.3 Å². The number of aryl methyl sites for hydroxylation is 1. The van der Waals surface area contributed by atoms with Crippen molar-refractivity contribution in [3.8, 4) is 5.75 Å². The Balaban J connectivity index is 1.83. The molecule has 7 heteroatoms. The standard InChI is InChI=1S/C14H15N5O2/c1-9-12-13(16-8-17-14(12)21-19-9)18-10-2-4-11(5-3-10)20-7-6-15/h2-5,8H,6-7,15H2,1H3,(H,16,17,18). The number of ether oxygens (including phenoxy) is 1. The molecule has 0 unspecified atom stereocenters. The van der Waals surface area contributed by atoms with Gasteiger partial charge in [-0.05, 0) is 31.2 Å². The first kappa shape index (κ1) is 13.3. The van der Waals surface area contributed by atoms with Gasteiger partial charge in [-0.25, -0.2) is 4.98 Å². The number of aromatic nitrogens is 3. The second-order valence-electron chi connectivity index (χ2n) is 4.46. The molecule has 0 fully saturated rings. The Morgan fingerprint density at radius 3 is 2.81 bits per heavy atom. The summed E-state index contributed by atoms with van der Waals surface area (Å²) in [6.45, 7) is 2.84. The lowest BCUT2D eigenvalue weighted by atomic mass is 10.2. The van der Waals surface area contributed by atoms with Crippen molar-refractivity contribution in [3.63, 3.8) is 0 Å². The summed E-state index contributed by atoms with van der Waals surface area (Å²) in [7, 11) is 0. The maximum atomic E-state index is 5.43. The molecule has 0 aliphatic rings. The van der Waals surface area contributed by atoms with Crippen LogP contribution >= 0.6 is 0 Å². The van der Waals surface area contributed by atoms with E-state index in [1.807, 2.05) is 31.2 Å². The molecule has 0 atom stereocenters. The van der Waals surface area contributed by atoms with E-state index in [1.165, 1.54) is 6.33 Å². The van der Waals surface area contributed by atoms with Crippen molar-refractivity contribution in [2.45, 2.75) is 6.92 Å². The average Bonchev–Trinajstić information content (AvgIpc) is 2.89. The minimum Gasteiger partial charge on any atom is -0.492 e. The third kappa shape index (κ3) is 2.77. The SMILES string of the molecule is Cc1noc2ncnc(Nc3ccc(OCCN)cc3)c12. The number of anilines is 2. The molecule has 0 spiro atoms. The van der Waals surface area contributed by atoms with Crippen molar-refractivity contribution in [3.05, 3.63) is 36.3 Å². The fourth-order valence-corrected chi connectivity index (χ4v) is 1.96. The van der Waals surface area contributed by atoms with Crippen molar-refractivity contribution in [1.82, 2.24) is 15.1 Å². The van der Waals surface area contributed by atoms with Gasteiger partial charge in [-0.3, -0.25) is 0 Å². The van der Waals surface area contributed by atoms with Gasteiger partial charge in [-0.2, -0.15) is 4.98 Å². The molecule has 3 rings (SSSR count). The molecule has 3 aromatic rings. The molecule has 2 heterocycles. The van der Waals surface area contributed by atoms with Gasteiger partial charge in [0.25, 0.3) is 5.71 Å². The van der Waals surface area contributed by atoms with Crippen molar-refractivity contribution in [1.29, 1.82) is 0 Å². The van der Waals surface area contributed by atoms with Crippen LogP contribution in [0.4, 0.5) is 11.5 Å². The second-order valence-corrected chi connectivity index (χ2v) is 4.46. The zero-order valence-corrected chi connectivity index (χ0v) is 11.5. The topological polar surface area (TPSA) is 99.1 Å². The average molecular weight is 285 g/mol. The monoisotopic (exact) mass is 285 g/mol. The summed E-state index contributed by atoms with van der Waals surface area (Å²) < 4.78 is 10.6. The molecule has 0 bridgehead atoms. The van der Waals surface area contributed by atoms with E-state index in [4.69, 9.17) is 15.0 Å². The van der Waals surface area contributed by atoms with Gasteiger partial charge in [0.15, 0.2) is 0 Å². The van der Waals surface area contributed by atoms with Crippen molar-refractivity contribution < 1.29 is 9.26 Å². The highest BCUT2D eigenvalue weighted by Crippen LogP contribution is 2.26.